The standard InChI is InChI=1S/C11H18O4/c1-4-6-7-14-8-10(12)9(3)11(13)15-5-2/h3-8H2,1-2H3. The molecule has 0 amide bonds. The predicted molar refractivity (Wildman–Crippen MR) is 56.5 cm³/mol. The van der Waals surface area contributed by atoms with Crippen LogP contribution in [0.25, 0.3) is 0 Å². The molecule has 0 fully saturated rings. The summed E-state index contributed by atoms with van der Waals surface area (Å²) in [5.74, 6) is -1.08. The third-order valence-corrected chi connectivity index (χ3v) is 1.73. The maximum absolute atomic E-state index is 11.3. The van der Waals surface area contributed by atoms with Crippen LogP contribution in [-0.4, -0.2) is 31.6 Å². The van der Waals surface area contributed by atoms with Crippen molar-refractivity contribution in [3.05, 3.63) is 12.2 Å². The number of ketones is 1. The second-order valence-corrected chi connectivity index (χ2v) is 3.03. The van der Waals surface area contributed by atoms with Gasteiger partial charge in [0.1, 0.15) is 6.61 Å². The molecule has 0 aromatic heterocycles. The summed E-state index contributed by atoms with van der Waals surface area (Å²) in [5, 5.41) is 0. The molecule has 0 atom stereocenters. The minimum absolute atomic E-state index is 0.0996. The zero-order valence-corrected chi connectivity index (χ0v) is 9.38. The number of Topliss-reactive ketones (excluding diaryl/α,β-unsaturated/α-hetero) is 1. The second-order valence-electron chi connectivity index (χ2n) is 3.03. The summed E-state index contributed by atoms with van der Waals surface area (Å²) in [5.41, 5.74) is -0.145. The van der Waals surface area contributed by atoms with Crippen LogP contribution in [0.4, 0.5) is 0 Å². The molecule has 0 aliphatic rings. The van der Waals surface area contributed by atoms with Crippen LogP contribution in [-0.2, 0) is 19.1 Å². The molecule has 0 spiro atoms. The van der Waals surface area contributed by atoms with Crippen LogP contribution in [0.3, 0.4) is 0 Å². The van der Waals surface area contributed by atoms with Crippen molar-refractivity contribution in [3.8, 4) is 0 Å². The number of hydrogen-bond donors (Lipinski definition) is 0. The van der Waals surface area contributed by atoms with Crippen LogP contribution in [0.2, 0.25) is 0 Å². The van der Waals surface area contributed by atoms with E-state index in [1.54, 1.807) is 6.92 Å². The number of carbonyl (C=O) groups is 2. The summed E-state index contributed by atoms with van der Waals surface area (Å²) in [6, 6.07) is 0. The van der Waals surface area contributed by atoms with Crippen molar-refractivity contribution >= 4 is 11.8 Å². The van der Waals surface area contributed by atoms with E-state index in [0.29, 0.717) is 6.61 Å². The highest BCUT2D eigenvalue weighted by molar-refractivity contribution is 6.17. The zero-order chi connectivity index (χ0) is 11.7. The van der Waals surface area contributed by atoms with Gasteiger partial charge in [-0.05, 0) is 13.3 Å². The number of esters is 1. The third kappa shape index (κ3) is 6.01. The molecule has 0 unspecified atom stereocenters. The van der Waals surface area contributed by atoms with Gasteiger partial charge in [0, 0.05) is 6.61 Å². The first kappa shape index (κ1) is 13.8. The maximum atomic E-state index is 11.3. The van der Waals surface area contributed by atoms with E-state index >= 15 is 0 Å². The van der Waals surface area contributed by atoms with Gasteiger partial charge < -0.3 is 9.47 Å². The molecular weight excluding hydrogens is 196 g/mol. The summed E-state index contributed by atoms with van der Waals surface area (Å²) in [4.78, 5) is 22.4. The average molecular weight is 214 g/mol. The molecule has 0 saturated carbocycles. The molecular formula is C11H18O4. The lowest BCUT2D eigenvalue weighted by Crippen LogP contribution is -2.19. The van der Waals surface area contributed by atoms with Crippen LogP contribution in [0.1, 0.15) is 26.7 Å². The Hall–Kier alpha value is -1.16. The molecule has 0 radical (unpaired) electrons. The fraction of sp³-hybridized carbons (Fsp3) is 0.636. The second kappa shape index (κ2) is 8.17. The summed E-state index contributed by atoms with van der Waals surface area (Å²) in [7, 11) is 0. The monoisotopic (exact) mass is 214 g/mol. The lowest BCUT2D eigenvalue weighted by molar-refractivity contribution is -0.140. The van der Waals surface area contributed by atoms with Crippen LogP contribution in [0, 0.1) is 0 Å². The molecule has 4 nitrogen and oxygen atoms in total. The van der Waals surface area contributed by atoms with Crippen molar-refractivity contribution in [2.75, 3.05) is 19.8 Å². The summed E-state index contributed by atoms with van der Waals surface area (Å²) < 4.78 is 9.70. The maximum Gasteiger partial charge on any atom is 0.341 e. The quantitative estimate of drug-likeness (QED) is 0.202. The molecule has 0 bridgehead atoms. The lowest BCUT2D eigenvalue weighted by Gasteiger charge is -2.05. The summed E-state index contributed by atoms with van der Waals surface area (Å²) in [6.07, 6.45) is 1.91. The molecule has 0 aliphatic carbocycles. The fourth-order valence-corrected chi connectivity index (χ4v) is 0.830. The smallest absolute Gasteiger partial charge is 0.341 e. The van der Waals surface area contributed by atoms with Crippen LogP contribution in [0.15, 0.2) is 12.2 Å². The van der Waals surface area contributed by atoms with E-state index in [9.17, 15) is 9.59 Å². The van der Waals surface area contributed by atoms with E-state index in [0.717, 1.165) is 12.8 Å². The average Bonchev–Trinajstić information content (AvgIpc) is 2.23. The minimum Gasteiger partial charge on any atom is -0.462 e. The molecule has 0 aromatic rings. The Morgan fingerprint density at radius 3 is 2.47 bits per heavy atom. The SMILES string of the molecule is C=C(C(=O)COCCCC)C(=O)OCC. The van der Waals surface area contributed by atoms with Gasteiger partial charge in [0.2, 0.25) is 0 Å². The first-order valence-corrected chi connectivity index (χ1v) is 5.10. The molecule has 0 N–H and O–H groups in total. The van der Waals surface area contributed by atoms with Crippen molar-refractivity contribution in [1.29, 1.82) is 0 Å². The lowest BCUT2D eigenvalue weighted by atomic mass is 10.2. The largest absolute Gasteiger partial charge is 0.462 e. The number of unbranched alkanes of at least 4 members (excludes halogenated alkanes) is 1. The van der Waals surface area contributed by atoms with Crippen molar-refractivity contribution in [1.82, 2.24) is 0 Å². The Labute approximate surface area is 90.2 Å². The normalized spacial score (nSPS) is 9.73. The van der Waals surface area contributed by atoms with E-state index in [-0.39, 0.29) is 18.8 Å². The Morgan fingerprint density at radius 2 is 1.93 bits per heavy atom. The van der Waals surface area contributed by atoms with E-state index in [4.69, 9.17) is 4.74 Å². The Kier molecular flexibility index (Phi) is 7.54. The Balaban J connectivity index is 3.79. The van der Waals surface area contributed by atoms with Gasteiger partial charge in [0.15, 0.2) is 5.78 Å². The molecule has 0 rings (SSSR count). The molecule has 0 aromatic carbocycles. The first-order valence-electron chi connectivity index (χ1n) is 5.10. The van der Waals surface area contributed by atoms with Crippen molar-refractivity contribution < 1.29 is 19.1 Å². The van der Waals surface area contributed by atoms with Gasteiger partial charge in [-0.1, -0.05) is 19.9 Å². The topological polar surface area (TPSA) is 52.6 Å². The van der Waals surface area contributed by atoms with E-state index in [2.05, 4.69) is 11.3 Å². The van der Waals surface area contributed by atoms with Crippen molar-refractivity contribution in [2.45, 2.75) is 26.7 Å². The van der Waals surface area contributed by atoms with Gasteiger partial charge in [-0.2, -0.15) is 0 Å². The minimum atomic E-state index is -0.665. The van der Waals surface area contributed by atoms with Crippen LogP contribution < -0.4 is 0 Å². The highest BCUT2D eigenvalue weighted by Crippen LogP contribution is 1.98. The van der Waals surface area contributed by atoms with Gasteiger partial charge in [-0.3, -0.25) is 4.79 Å². The van der Waals surface area contributed by atoms with E-state index < -0.39 is 11.8 Å². The third-order valence-electron chi connectivity index (χ3n) is 1.73. The summed E-state index contributed by atoms with van der Waals surface area (Å²) in [6.45, 7) is 7.74. The predicted octanol–water partition coefficient (Wildman–Crippen LogP) is 1.49. The van der Waals surface area contributed by atoms with Gasteiger partial charge in [0.05, 0.1) is 12.2 Å². The summed E-state index contributed by atoms with van der Waals surface area (Å²) >= 11 is 0. The molecule has 0 aliphatic heterocycles. The van der Waals surface area contributed by atoms with Crippen molar-refractivity contribution in [2.24, 2.45) is 0 Å². The highest BCUT2D eigenvalue weighted by atomic mass is 16.5. The first-order chi connectivity index (χ1) is 7.13. The van der Waals surface area contributed by atoms with Gasteiger partial charge in [-0.25, -0.2) is 4.79 Å². The number of ether oxygens (including phenoxy) is 2. The number of carbonyl (C=O) groups excluding carboxylic acids is 2. The molecule has 15 heavy (non-hydrogen) atoms. The van der Waals surface area contributed by atoms with Crippen LogP contribution >= 0.6 is 0 Å². The number of rotatable bonds is 8. The Bertz CT molecular complexity index is 233. The Morgan fingerprint density at radius 1 is 1.27 bits per heavy atom. The van der Waals surface area contributed by atoms with Crippen molar-refractivity contribution in [3.63, 3.8) is 0 Å². The zero-order valence-electron chi connectivity index (χ0n) is 9.38. The van der Waals surface area contributed by atoms with E-state index in [1.165, 1.54) is 0 Å². The molecule has 0 saturated heterocycles. The fourth-order valence-electron chi connectivity index (χ4n) is 0.830. The molecule has 0 heterocycles. The van der Waals surface area contributed by atoms with Crippen LogP contribution in [0.5, 0.6) is 0 Å². The number of hydrogen-bond acceptors (Lipinski definition) is 4. The van der Waals surface area contributed by atoms with Gasteiger partial charge in [-0.15, -0.1) is 0 Å². The van der Waals surface area contributed by atoms with Gasteiger partial charge >= 0.3 is 5.97 Å². The van der Waals surface area contributed by atoms with E-state index in [1.807, 2.05) is 6.92 Å². The molecule has 4 heteroatoms. The van der Waals surface area contributed by atoms with Gasteiger partial charge in [0.25, 0.3) is 0 Å². The highest BCUT2D eigenvalue weighted by Gasteiger charge is 2.16. The molecule has 86 valence electrons.